The van der Waals surface area contributed by atoms with Crippen molar-refractivity contribution in [2.24, 2.45) is 4.74 Å². The van der Waals surface area contributed by atoms with E-state index in [-0.39, 0.29) is 10.6 Å². The van der Waals surface area contributed by atoms with Gasteiger partial charge in [-0.2, -0.15) is 5.10 Å². The Morgan fingerprint density at radius 3 is 2.41 bits per heavy atom. The third-order valence-electron chi connectivity index (χ3n) is 5.04. The molecule has 0 fully saturated rings. The van der Waals surface area contributed by atoms with E-state index in [9.17, 15) is 10.1 Å². The zero-order valence-electron chi connectivity index (χ0n) is 17.4. The maximum atomic E-state index is 11.2. The van der Waals surface area contributed by atoms with Gasteiger partial charge in [0.25, 0.3) is 5.69 Å². The summed E-state index contributed by atoms with van der Waals surface area (Å²) in [6, 6.07) is 16.6. The van der Waals surface area contributed by atoms with Crippen LogP contribution in [0.15, 0.2) is 59.3 Å². The van der Waals surface area contributed by atoms with E-state index in [2.05, 4.69) is 18.5 Å². The second-order valence-electron chi connectivity index (χ2n) is 7.04. The number of benzene rings is 2. The predicted molar refractivity (Wildman–Crippen MR) is 119 cm³/mol. The molecule has 0 amide bonds. The van der Waals surface area contributed by atoms with E-state index in [0.717, 1.165) is 28.5 Å². The predicted octanol–water partition coefficient (Wildman–Crippen LogP) is 5.05. The van der Waals surface area contributed by atoms with Crippen LogP contribution in [0.4, 0.5) is 11.4 Å². The van der Waals surface area contributed by atoms with Gasteiger partial charge in [-0.1, -0.05) is 31.2 Å². The lowest BCUT2D eigenvalue weighted by Gasteiger charge is -2.31. The summed E-state index contributed by atoms with van der Waals surface area (Å²) in [4.78, 5) is 10.8. The first kappa shape index (κ1) is 21.0. The molecule has 1 aromatic heterocycles. The second-order valence-corrected chi connectivity index (χ2v) is 10.6. The zero-order chi connectivity index (χ0) is 21.2. The smallest absolute Gasteiger partial charge is 0.271 e. The fraction of sp³-hybridized carbons (Fsp3) is 0.286. The van der Waals surface area contributed by atoms with E-state index in [1.54, 1.807) is 12.1 Å². The topological polar surface area (TPSA) is 76.6 Å². The van der Waals surface area contributed by atoms with Crippen molar-refractivity contribution < 1.29 is 4.92 Å². The van der Waals surface area contributed by atoms with Gasteiger partial charge in [-0.3, -0.25) is 14.8 Å². The molecule has 0 bridgehead atoms. The van der Waals surface area contributed by atoms with Crippen molar-refractivity contribution in [2.75, 3.05) is 20.3 Å². The molecule has 0 unspecified atom stereocenters. The number of hydrogen-bond acceptors (Lipinski definition) is 4. The van der Waals surface area contributed by atoms with Crippen molar-refractivity contribution >= 4 is 23.9 Å². The van der Waals surface area contributed by atoms with Crippen molar-refractivity contribution in [3.8, 4) is 5.69 Å². The molecule has 0 N–H and O–H groups in total. The van der Waals surface area contributed by atoms with E-state index >= 15 is 0 Å². The number of hydrogen-bond donors (Lipinski definition) is 0. The van der Waals surface area contributed by atoms with Gasteiger partial charge in [0.2, 0.25) is 0 Å². The Bertz CT molecular complexity index is 1090. The third-order valence-corrected chi connectivity index (χ3v) is 9.17. The van der Waals surface area contributed by atoms with Gasteiger partial charge in [0.1, 0.15) is 0 Å². The van der Waals surface area contributed by atoms with Crippen LogP contribution in [0.1, 0.15) is 18.3 Å². The lowest BCUT2D eigenvalue weighted by Crippen LogP contribution is -2.23. The summed E-state index contributed by atoms with van der Waals surface area (Å²) in [5, 5.41) is 17.1. The number of nitro benzene ring substituents is 1. The largest absolute Gasteiger partial charge is 0.272 e. The quantitative estimate of drug-likeness (QED) is 0.323. The Hall–Kier alpha value is -2.76. The van der Waals surface area contributed by atoms with Crippen LogP contribution in [-0.4, -0.2) is 39.6 Å². The highest BCUT2D eigenvalue weighted by molar-refractivity contribution is 7.71. The number of rotatable bonds is 6. The molecule has 29 heavy (non-hydrogen) atoms. The Morgan fingerprint density at radius 2 is 1.83 bits per heavy atom. The molecule has 0 aliphatic rings. The van der Waals surface area contributed by atoms with Gasteiger partial charge in [-0.05, 0) is 52.3 Å². The minimum Gasteiger partial charge on any atom is -0.272 e. The Kier molecular flexibility index (Phi) is 6.01. The van der Waals surface area contributed by atoms with E-state index in [0.29, 0.717) is 5.69 Å². The molecule has 0 saturated carbocycles. The van der Waals surface area contributed by atoms with E-state index in [4.69, 9.17) is 9.84 Å². The van der Waals surface area contributed by atoms with Crippen LogP contribution in [0.3, 0.4) is 0 Å². The first-order valence-electron chi connectivity index (χ1n) is 9.46. The van der Waals surface area contributed by atoms with Crippen molar-refractivity contribution in [3.05, 3.63) is 76.1 Å². The SMILES string of the molecule is CC[P@](=Nc1cccc([N+](=O)[O-])c1)(c1c(C)nn(-c2ccccc2)c1C)N(C)C. The molecule has 0 saturated heterocycles. The first-order chi connectivity index (χ1) is 13.8. The summed E-state index contributed by atoms with van der Waals surface area (Å²) >= 11 is 0. The zero-order valence-corrected chi connectivity index (χ0v) is 18.3. The van der Waals surface area contributed by atoms with Crippen molar-refractivity contribution in [1.82, 2.24) is 14.5 Å². The molecule has 152 valence electrons. The molecule has 3 aromatic rings. The lowest BCUT2D eigenvalue weighted by atomic mass is 10.3. The van der Waals surface area contributed by atoms with Crippen LogP contribution in [0.5, 0.6) is 0 Å². The number of non-ortho nitro benzene ring substituents is 1. The summed E-state index contributed by atoms with van der Waals surface area (Å²) in [5.74, 6) is 0. The summed E-state index contributed by atoms with van der Waals surface area (Å²) in [6.45, 7) is 6.20. The van der Waals surface area contributed by atoms with Crippen LogP contribution >= 0.6 is 7.21 Å². The summed E-state index contributed by atoms with van der Waals surface area (Å²) in [6.07, 6.45) is 0.796. The molecular formula is C21H26N5O2P. The molecule has 0 aliphatic carbocycles. The second kappa shape index (κ2) is 8.31. The Morgan fingerprint density at radius 1 is 1.14 bits per heavy atom. The monoisotopic (exact) mass is 411 g/mol. The lowest BCUT2D eigenvalue weighted by molar-refractivity contribution is -0.384. The number of aromatic nitrogens is 2. The van der Waals surface area contributed by atoms with Gasteiger partial charge in [-0.25, -0.2) is 9.43 Å². The highest BCUT2D eigenvalue weighted by Crippen LogP contribution is 2.54. The highest BCUT2D eigenvalue weighted by atomic mass is 31.2. The maximum Gasteiger partial charge on any atom is 0.271 e. The normalized spacial score (nSPS) is 13.3. The Labute approximate surface area is 171 Å². The summed E-state index contributed by atoms with van der Waals surface area (Å²) < 4.78 is 9.25. The molecular weight excluding hydrogens is 385 g/mol. The van der Waals surface area contributed by atoms with Crippen molar-refractivity contribution in [3.63, 3.8) is 0 Å². The molecule has 1 atom stereocenters. The highest BCUT2D eigenvalue weighted by Gasteiger charge is 2.30. The molecule has 8 heteroatoms. The molecule has 7 nitrogen and oxygen atoms in total. The minimum atomic E-state index is -2.20. The van der Waals surface area contributed by atoms with Gasteiger partial charge in [0.05, 0.1) is 40.2 Å². The van der Waals surface area contributed by atoms with E-state index < -0.39 is 7.21 Å². The molecule has 1 heterocycles. The average molecular weight is 411 g/mol. The maximum absolute atomic E-state index is 11.2. The molecule has 3 rings (SSSR count). The molecule has 0 spiro atoms. The number of nitro groups is 1. The molecule has 2 aromatic carbocycles. The molecule has 0 radical (unpaired) electrons. The third kappa shape index (κ3) is 3.88. The first-order valence-corrected chi connectivity index (χ1v) is 11.3. The molecule has 0 aliphatic heterocycles. The number of nitrogens with zero attached hydrogens (tertiary/aromatic N) is 5. The van der Waals surface area contributed by atoms with Crippen LogP contribution in [0.25, 0.3) is 5.69 Å². The van der Waals surface area contributed by atoms with Gasteiger partial charge >= 0.3 is 0 Å². The van der Waals surface area contributed by atoms with Crippen molar-refractivity contribution in [1.29, 1.82) is 0 Å². The number of para-hydroxylation sites is 1. The fourth-order valence-electron chi connectivity index (χ4n) is 3.68. The average Bonchev–Trinajstić information content (AvgIpc) is 3.01. The van der Waals surface area contributed by atoms with E-state index in [1.807, 2.05) is 62.1 Å². The van der Waals surface area contributed by atoms with Crippen LogP contribution < -0.4 is 5.30 Å². The van der Waals surface area contributed by atoms with Gasteiger partial charge in [-0.15, -0.1) is 0 Å². The van der Waals surface area contributed by atoms with Gasteiger partial charge < -0.3 is 0 Å². The number of aryl methyl sites for hydroxylation is 1. The van der Waals surface area contributed by atoms with Crippen molar-refractivity contribution in [2.45, 2.75) is 20.8 Å². The summed E-state index contributed by atoms with van der Waals surface area (Å²) in [5.41, 5.74) is 3.65. The van der Waals surface area contributed by atoms with E-state index in [1.165, 1.54) is 6.07 Å². The minimum absolute atomic E-state index is 0.0487. The summed E-state index contributed by atoms with van der Waals surface area (Å²) in [7, 11) is 1.85. The van der Waals surface area contributed by atoms with Crippen LogP contribution in [-0.2, 0) is 0 Å². The van der Waals surface area contributed by atoms with Gasteiger partial charge in [0.15, 0.2) is 0 Å². The Balaban J connectivity index is 2.27. The van der Waals surface area contributed by atoms with Gasteiger partial charge in [0, 0.05) is 12.1 Å². The standard InChI is InChI=1S/C21H26N5O2P/c1-6-29(24(4)5,23-18-11-10-14-20(15-18)26(27)28)21-16(2)22-25(17(21)3)19-12-8-7-9-13-19/h7-15H,6H2,1-5H3/t29-/m1/s1. The van der Waals surface area contributed by atoms with Crippen LogP contribution in [0.2, 0.25) is 0 Å². The van der Waals surface area contributed by atoms with Crippen LogP contribution in [0, 0.1) is 24.0 Å². The fourth-order valence-corrected chi connectivity index (χ4v) is 7.07.